The molecule has 0 aliphatic carbocycles. The number of nitrogens with one attached hydrogen (secondary N) is 1. The smallest absolute Gasteiger partial charge is 0.137 e. The summed E-state index contributed by atoms with van der Waals surface area (Å²) in [5.41, 5.74) is 8.11. The summed E-state index contributed by atoms with van der Waals surface area (Å²) in [6.45, 7) is 1.96. The fourth-order valence-electron chi connectivity index (χ4n) is 1.78. The van der Waals surface area contributed by atoms with Gasteiger partial charge in [0.25, 0.3) is 0 Å². The number of aryl methyl sites for hydroxylation is 1. The Morgan fingerprint density at radius 1 is 1.50 bits per heavy atom. The maximum absolute atomic E-state index is 6.18. The van der Waals surface area contributed by atoms with Gasteiger partial charge in [-0.25, -0.2) is 4.98 Å². The van der Waals surface area contributed by atoms with Crippen LogP contribution in [-0.2, 0) is 0 Å². The van der Waals surface area contributed by atoms with Crippen molar-refractivity contribution in [3.8, 4) is 5.75 Å². The molecule has 0 bridgehead atoms. The second-order valence-corrected chi connectivity index (χ2v) is 5.20. The molecule has 18 heavy (non-hydrogen) atoms. The number of rotatable bonds is 3. The normalized spacial score (nSPS) is 12.5. The predicted molar refractivity (Wildman–Crippen MR) is 75.1 cm³/mol. The molecule has 1 atom stereocenters. The number of imidazole rings is 1. The number of hydrogen-bond acceptors (Lipinski definition) is 3. The first-order valence-corrected chi connectivity index (χ1v) is 6.50. The van der Waals surface area contributed by atoms with Crippen molar-refractivity contribution in [1.82, 2.24) is 9.97 Å². The Morgan fingerprint density at radius 2 is 2.22 bits per heavy atom. The first-order chi connectivity index (χ1) is 8.52. The van der Waals surface area contributed by atoms with E-state index in [-0.39, 0.29) is 6.04 Å². The number of H-pyrrole nitrogens is 1. The molecule has 3 N–H and O–H groups in total. The van der Waals surface area contributed by atoms with E-state index in [0.29, 0.717) is 16.6 Å². The third kappa shape index (κ3) is 2.53. The van der Waals surface area contributed by atoms with Crippen molar-refractivity contribution >= 4 is 27.5 Å². The van der Waals surface area contributed by atoms with Crippen LogP contribution in [0.1, 0.15) is 23.0 Å². The number of hydrogen-bond donors (Lipinski definition) is 2. The van der Waals surface area contributed by atoms with Gasteiger partial charge in [0, 0.05) is 0 Å². The molecule has 0 amide bonds. The Morgan fingerprint density at radius 3 is 2.78 bits per heavy atom. The molecule has 0 aliphatic rings. The third-order valence-corrected chi connectivity index (χ3v) is 3.43. The average Bonchev–Trinajstić information content (AvgIpc) is 2.77. The minimum atomic E-state index is -0.347. The zero-order valence-corrected chi connectivity index (χ0v) is 12.3. The maximum Gasteiger partial charge on any atom is 0.137 e. The first kappa shape index (κ1) is 13.4. The summed E-state index contributed by atoms with van der Waals surface area (Å²) in [5, 5.41) is 0.541. The highest BCUT2D eigenvalue weighted by Gasteiger charge is 2.17. The van der Waals surface area contributed by atoms with Crippen LogP contribution in [0.3, 0.4) is 0 Å². The van der Waals surface area contributed by atoms with Crippen molar-refractivity contribution < 1.29 is 4.74 Å². The topological polar surface area (TPSA) is 63.9 Å². The van der Waals surface area contributed by atoms with Crippen LogP contribution >= 0.6 is 27.5 Å². The molecular weight excluding hydrogens is 318 g/mol. The molecule has 96 valence electrons. The van der Waals surface area contributed by atoms with Gasteiger partial charge in [0.2, 0.25) is 0 Å². The molecule has 0 aliphatic heterocycles. The first-order valence-electron chi connectivity index (χ1n) is 5.33. The van der Waals surface area contributed by atoms with Gasteiger partial charge in [0.05, 0.1) is 24.4 Å². The van der Waals surface area contributed by atoms with Crippen LogP contribution in [0.2, 0.25) is 5.02 Å². The summed E-state index contributed by atoms with van der Waals surface area (Å²) in [6, 6.07) is 3.34. The molecule has 1 heterocycles. The van der Waals surface area contributed by atoms with Crippen molar-refractivity contribution in [2.24, 2.45) is 5.73 Å². The molecule has 1 unspecified atom stereocenters. The van der Waals surface area contributed by atoms with Gasteiger partial charge in [-0.1, -0.05) is 11.6 Å². The summed E-state index contributed by atoms with van der Waals surface area (Å²) in [6.07, 6.45) is 1.68. The van der Waals surface area contributed by atoms with Crippen LogP contribution in [0.5, 0.6) is 5.75 Å². The molecule has 1 aromatic carbocycles. The SMILES string of the molecule is COc1cc(C)c(C(N)c2ncc(Br)[nH]2)cc1Cl. The zero-order chi connectivity index (χ0) is 13.3. The third-order valence-electron chi connectivity index (χ3n) is 2.73. The summed E-state index contributed by atoms with van der Waals surface area (Å²) in [4.78, 5) is 7.26. The number of aromatic amines is 1. The Labute approximate surface area is 119 Å². The lowest BCUT2D eigenvalue weighted by molar-refractivity contribution is 0.414. The van der Waals surface area contributed by atoms with Crippen LogP contribution in [0.25, 0.3) is 0 Å². The van der Waals surface area contributed by atoms with Gasteiger partial charge in [-0.15, -0.1) is 0 Å². The van der Waals surface area contributed by atoms with Gasteiger partial charge in [-0.3, -0.25) is 0 Å². The number of nitrogens with two attached hydrogens (primary N) is 1. The monoisotopic (exact) mass is 329 g/mol. The second-order valence-electron chi connectivity index (χ2n) is 3.94. The van der Waals surface area contributed by atoms with E-state index in [0.717, 1.165) is 15.7 Å². The van der Waals surface area contributed by atoms with E-state index in [1.54, 1.807) is 13.3 Å². The number of nitrogens with zero attached hydrogens (tertiary/aromatic N) is 1. The maximum atomic E-state index is 6.18. The van der Waals surface area contributed by atoms with E-state index in [9.17, 15) is 0 Å². The molecular formula is C12H13BrClN3O. The minimum Gasteiger partial charge on any atom is -0.495 e. The van der Waals surface area contributed by atoms with E-state index >= 15 is 0 Å². The van der Waals surface area contributed by atoms with E-state index in [4.69, 9.17) is 22.1 Å². The Kier molecular flexibility index (Phi) is 3.94. The summed E-state index contributed by atoms with van der Waals surface area (Å²) < 4.78 is 5.96. The van der Waals surface area contributed by atoms with Gasteiger partial charge < -0.3 is 15.5 Å². The Hall–Kier alpha value is -1.04. The molecule has 0 spiro atoms. The highest BCUT2D eigenvalue weighted by molar-refractivity contribution is 9.10. The Bertz CT molecular complexity index is 570. The van der Waals surface area contributed by atoms with Crippen LogP contribution < -0.4 is 10.5 Å². The molecule has 0 fully saturated rings. The largest absolute Gasteiger partial charge is 0.495 e. The lowest BCUT2D eigenvalue weighted by Gasteiger charge is -2.15. The van der Waals surface area contributed by atoms with Crippen molar-refractivity contribution in [2.75, 3.05) is 7.11 Å². The number of halogens is 2. The highest BCUT2D eigenvalue weighted by atomic mass is 79.9. The van der Waals surface area contributed by atoms with Crippen LogP contribution in [-0.4, -0.2) is 17.1 Å². The molecule has 2 aromatic rings. The second kappa shape index (κ2) is 5.30. The molecule has 0 saturated heterocycles. The molecule has 1 aromatic heterocycles. The van der Waals surface area contributed by atoms with Gasteiger partial charge in [-0.05, 0) is 46.1 Å². The number of aromatic nitrogens is 2. The van der Waals surface area contributed by atoms with E-state index in [1.807, 2.05) is 19.1 Å². The number of methoxy groups -OCH3 is 1. The Balaban J connectivity index is 2.42. The fraction of sp³-hybridized carbons (Fsp3) is 0.250. The summed E-state index contributed by atoms with van der Waals surface area (Å²) >= 11 is 9.43. The lowest BCUT2D eigenvalue weighted by Crippen LogP contribution is -2.15. The van der Waals surface area contributed by atoms with Gasteiger partial charge in [0.15, 0.2) is 0 Å². The summed E-state index contributed by atoms with van der Waals surface area (Å²) in [5.74, 6) is 1.33. The highest BCUT2D eigenvalue weighted by Crippen LogP contribution is 2.31. The number of ether oxygens (including phenoxy) is 1. The van der Waals surface area contributed by atoms with Crippen LogP contribution in [0.15, 0.2) is 22.9 Å². The van der Waals surface area contributed by atoms with Crippen molar-refractivity contribution in [3.63, 3.8) is 0 Å². The zero-order valence-electron chi connectivity index (χ0n) is 10.00. The van der Waals surface area contributed by atoms with Gasteiger partial charge in [-0.2, -0.15) is 0 Å². The molecule has 0 saturated carbocycles. The van der Waals surface area contributed by atoms with E-state index in [1.165, 1.54) is 0 Å². The summed E-state index contributed by atoms with van der Waals surface area (Å²) in [7, 11) is 1.59. The fourth-order valence-corrected chi connectivity index (χ4v) is 2.34. The predicted octanol–water partition coefficient (Wildman–Crippen LogP) is 3.19. The number of benzene rings is 1. The minimum absolute atomic E-state index is 0.347. The average molecular weight is 331 g/mol. The molecule has 4 nitrogen and oxygen atoms in total. The van der Waals surface area contributed by atoms with Gasteiger partial charge >= 0.3 is 0 Å². The lowest BCUT2D eigenvalue weighted by atomic mass is 10.0. The molecule has 6 heteroatoms. The standard InChI is InChI=1S/C12H13BrClN3O/c1-6-3-9(18-2)8(14)4-7(6)11(15)12-16-5-10(13)17-12/h3-5,11H,15H2,1-2H3,(H,16,17). The van der Waals surface area contributed by atoms with Crippen molar-refractivity contribution in [2.45, 2.75) is 13.0 Å². The van der Waals surface area contributed by atoms with E-state index < -0.39 is 0 Å². The van der Waals surface area contributed by atoms with E-state index in [2.05, 4.69) is 25.9 Å². The van der Waals surface area contributed by atoms with Crippen molar-refractivity contribution in [3.05, 3.63) is 44.9 Å². The van der Waals surface area contributed by atoms with Crippen LogP contribution in [0, 0.1) is 6.92 Å². The van der Waals surface area contributed by atoms with Crippen LogP contribution in [0.4, 0.5) is 0 Å². The van der Waals surface area contributed by atoms with Crippen molar-refractivity contribution in [1.29, 1.82) is 0 Å². The van der Waals surface area contributed by atoms with Gasteiger partial charge in [0.1, 0.15) is 16.2 Å². The quantitative estimate of drug-likeness (QED) is 0.908. The molecule has 0 radical (unpaired) electrons. The molecule has 2 rings (SSSR count).